The molecule has 0 aliphatic rings. The summed E-state index contributed by atoms with van der Waals surface area (Å²) >= 11 is 0. The van der Waals surface area contributed by atoms with E-state index in [9.17, 15) is 9.50 Å². The molecule has 3 nitrogen and oxygen atoms in total. The molecule has 0 radical (unpaired) electrons. The van der Waals surface area contributed by atoms with Gasteiger partial charge in [-0.1, -0.05) is 0 Å². The summed E-state index contributed by atoms with van der Waals surface area (Å²) in [5.74, 6) is -0.388. The minimum atomic E-state index is -0.728. The second-order valence-corrected chi connectivity index (χ2v) is 3.22. The van der Waals surface area contributed by atoms with Crippen LogP contribution in [0.3, 0.4) is 0 Å². The van der Waals surface area contributed by atoms with Crippen LogP contribution in [0.1, 0.15) is 24.5 Å². The van der Waals surface area contributed by atoms with Crippen LogP contribution in [0.15, 0.2) is 18.2 Å². The molecule has 1 rings (SSSR count). The van der Waals surface area contributed by atoms with Crippen LogP contribution in [0.2, 0.25) is 0 Å². The molecule has 1 aromatic carbocycles. The zero-order valence-corrected chi connectivity index (χ0v) is 7.91. The fraction of sp³-hybridized carbons (Fsp3) is 0.400. The van der Waals surface area contributed by atoms with E-state index in [1.165, 1.54) is 18.2 Å². The van der Waals surface area contributed by atoms with Gasteiger partial charge in [-0.3, -0.25) is 0 Å². The normalized spacial score (nSPS) is 12.8. The van der Waals surface area contributed by atoms with Gasteiger partial charge >= 0.3 is 0 Å². The summed E-state index contributed by atoms with van der Waals surface area (Å²) in [4.78, 5) is 0. The summed E-state index contributed by atoms with van der Waals surface area (Å²) in [5, 5.41) is 9.65. The van der Waals surface area contributed by atoms with Crippen LogP contribution in [-0.4, -0.2) is 11.7 Å². The quantitative estimate of drug-likeness (QED) is 0.636. The molecule has 1 unspecified atom stereocenters. The molecular formula is C10H15FN2O. The van der Waals surface area contributed by atoms with Crippen LogP contribution in [-0.2, 0) is 0 Å². The molecule has 5 N–H and O–H groups in total. The number of anilines is 1. The molecule has 1 aromatic rings. The molecule has 0 aliphatic heterocycles. The van der Waals surface area contributed by atoms with Crippen molar-refractivity contribution >= 4 is 5.69 Å². The van der Waals surface area contributed by atoms with Gasteiger partial charge in [-0.15, -0.1) is 0 Å². The van der Waals surface area contributed by atoms with Gasteiger partial charge in [-0.25, -0.2) is 4.39 Å². The maximum atomic E-state index is 12.8. The Balaban J connectivity index is 2.77. The topological polar surface area (TPSA) is 72.3 Å². The predicted octanol–water partition coefficient (Wildman–Crippen LogP) is 1.18. The van der Waals surface area contributed by atoms with Gasteiger partial charge in [0, 0.05) is 11.3 Å². The summed E-state index contributed by atoms with van der Waals surface area (Å²) in [6, 6.07) is 3.99. The van der Waals surface area contributed by atoms with E-state index >= 15 is 0 Å². The van der Waals surface area contributed by atoms with E-state index in [4.69, 9.17) is 11.5 Å². The fourth-order valence-electron chi connectivity index (χ4n) is 1.30. The summed E-state index contributed by atoms with van der Waals surface area (Å²) in [5.41, 5.74) is 11.8. The first-order valence-electron chi connectivity index (χ1n) is 4.58. The first-order valence-corrected chi connectivity index (χ1v) is 4.58. The van der Waals surface area contributed by atoms with Crippen molar-refractivity contribution in [1.82, 2.24) is 0 Å². The van der Waals surface area contributed by atoms with E-state index in [-0.39, 0.29) is 5.82 Å². The number of rotatable bonds is 4. The Morgan fingerprint density at radius 1 is 1.43 bits per heavy atom. The second-order valence-electron chi connectivity index (χ2n) is 3.22. The summed E-state index contributed by atoms with van der Waals surface area (Å²) in [6.45, 7) is 0.506. The lowest BCUT2D eigenvalue weighted by Gasteiger charge is -2.12. The first-order chi connectivity index (χ1) is 6.65. The lowest BCUT2D eigenvalue weighted by Crippen LogP contribution is -2.06. The standard InChI is InChI=1S/C10H15FN2O/c11-7-3-4-9(13)8(6-7)10(14)2-1-5-12/h3-4,6,10,14H,1-2,5,12-13H2. The smallest absolute Gasteiger partial charge is 0.123 e. The summed E-state index contributed by atoms with van der Waals surface area (Å²) < 4.78 is 12.8. The Morgan fingerprint density at radius 2 is 2.14 bits per heavy atom. The highest BCUT2D eigenvalue weighted by Crippen LogP contribution is 2.24. The molecule has 0 saturated heterocycles. The molecule has 4 heteroatoms. The van der Waals surface area contributed by atoms with E-state index in [1.807, 2.05) is 0 Å². The molecular weight excluding hydrogens is 183 g/mol. The van der Waals surface area contributed by atoms with Crippen LogP contribution in [0.5, 0.6) is 0 Å². The van der Waals surface area contributed by atoms with E-state index in [2.05, 4.69) is 0 Å². The SMILES string of the molecule is NCCCC(O)c1cc(F)ccc1N. The highest BCUT2D eigenvalue weighted by atomic mass is 19.1. The van der Waals surface area contributed by atoms with Gasteiger partial charge in [0.1, 0.15) is 5.82 Å². The minimum absolute atomic E-state index is 0.388. The number of hydrogen-bond donors (Lipinski definition) is 3. The highest BCUT2D eigenvalue weighted by Gasteiger charge is 2.11. The molecule has 14 heavy (non-hydrogen) atoms. The zero-order chi connectivity index (χ0) is 10.6. The van der Waals surface area contributed by atoms with Gasteiger partial charge in [0.2, 0.25) is 0 Å². The molecule has 78 valence electrons. The van der Waals surface area contributed by atoms with Crippen molar-refractivity contribution in [2.45, 2.75) is 18.9 Å². The second kappa shape index (κ2) is 4.93. The van der Waals surface area contributed by atoms with Crippen molar-refractivity contribution < 1.29 is 9.50 Å². The number of aliphatic hydroxyl groups excluding tert-OH is 1. The molecule has 1 atom stereocenters. The average Bonchev–Trinajstić information content (AvgIpc) is 2.18. The van der Waals surface area contributed by atoms with Crippen LogP contribution in [0.4, 0.5) is 10.1 Å². The van der Waals surface area contributed by atoms with Crippen molar-refractivity contribution in [3.8, 4) is 0 Å². The van der Waals surface area contributed by atoms with Gasteiger partial charge in [0.05, 0.1) is 6.10 Å². The molecule has 0 heterocycles. The van der Waals surface area contributed by atoms with E-state index in [1.54, 1.807) is 0 Å². The third-order valence-electron chi connectivity index (χ3n) is 2.09. The van der Waals surface area contributed by atoms with Gasteiger partial charge < -0.3 is 16.6 Å². The van der Waals surface area contributed by atoms with Crippen molar-refractivity contribution in [2.24, 2.45) is 5.73 Å². The number of nitrogens with two attached hydrogens (primary N) is 2. The Bertz CT molecular complexity index is 304. The number of nitrogen functional groups attached to an aromatic ring is 1. The molecule has 0 spiro atoms. The van der Waals surface area contributed by atoms with Gasteiger partial charge in [-0.05, 0) is 37.6 Å². The van der Waals surface area contributed by atoms with E-state index in [0.29, 0.717) is 30.6 Å². The third kappa shape index (κ3) is 2.68. The monoisotopic (exact) mass is 198 g/mol. The number of halogens is 1. The minimum Gasteiger partial charge on any atom is -0.398 e. The highest BCUT2D eigenvalue weighted by molar-refractivity contribution is 5.47. The maximum Gasteiger partial charge on any atom is 0.123 e. The Morgan fingerprint density at radius 3 is 2.79 bits per heavy atom. The zero-order valence-electron chi connectivity index (χ0n) is 7.91. The molecule has 0 saturated carbocycles. The first kappa shape index (κ1) is 10.9. The molecule has 0 bridgehead atoms. The van der Waals surface area contributed by atoms with Crippen molar-refractivity contribution in [3.63, 3.8) is 0 Å². The third-order valence-corrected chi connectivity index (χ3v) is 2.09. The number of benzene rings is 1. The average molecular weight is 198 g/mol. The maximum absolute atomic E-state index is 12.8. The Hall–Kier alpha value is -1.13. The van der Waals surface area contributed by atoms with Crippen LogP contribution < -0.4 is 11.5 Å². The van der Waals surface area contributed by atoms with Crippen molar-refractivity contribution in [3.05, 3.63) is 29.6 Å². The largest absolute Gasteiger partial charge is 0.398 e. The van der Waals surface area contributed by atoms with Gasteiger partial charge in [0.25, 0.3) is 0 Å². The fourth-order valence-corrected chi connectivity index (χ4v) is 1.30. The van der Waals surface area contributed by atoms with Gasteiger partial charge in [-0.2, -0.15) is 0 Å². The van der Waals surface area contributed by atoms with Crippen molar-refractivity contribution in [2.75, 3.05) is 12.3 Å². The molecule has 0 aliphatic carbocycles. The Kier molecular flexibility index (Phi) is 3.85. The van der Waals surface area contributed by atoms with E-state index in [0.717, 1.165) is 0 Å². The van der Waals surface area contributed by atoms with E-state index < -0.39 is 6.10 Å². The number of aliphatic hydroxyl groups is 1. The van der Waals surface area contributed by atoms with Crippen molar-refractivity contribution in [1.29, 1.82) is 0 Å². The Labute approximate surface area is 82.5 Å². The summed E-state index contributed by atoms with van der Waals surface area (Å²) in [6.07, 6.45) is 0.468. The molecule has 0 amide bonds. The van der Waals surface area contributed by atoms with Crippen LogP contribution in [0, 0.1) is 5.82 Å². The lowest BCUT2D eigenvalue weighted by atomic mass is 10.0. The van der Waals surface area contributed by atoms with Gasteiger partial charge in [0.15, 0.2) is 0 Å². The predicted molar refractivity (Wildman–Crippen MR) is 54.1 cm³/mol. The lowest BCUT2D eigenvalue weighted by molar-refractivity contribution is 0.166. The summed E-state index contributed by atoms with van der Waals surface area (Å²) in [7, 11) is 0. The van der Waals surface area contributed by atoms with Crippen LogP contribution in [0.25, 0.3) is 0 Å². The van der Waals surface area contributed by atoms with Crippen LogP contribution >= 0.6 is 0 Å². The number of hydrogen-bond acceptors (Lipinski definition) is 3. The molecule has 0 aromatic heterocycles. The molecule has 0 fully saturated rings.